The van der Waals surface area contributed by atoms with E-state index in [2.05, 4.69) is 138 Å². The molecule has 0 aliphatic carbocycles. The zero-order valence-electron chi connectivity index (χ0n) is 27.9. The van der Waals surface area contributed by atoms with E-state index < -0.39 is 0 Å². The van der Waals surface area contributed by atoms with Crippen molar-refractivity contribution in [2.45, 2.75) is 26.9 Å². The average Bonchev–Trinajstić information content (AvgIpc) is 3.71. The molecule has 0 bridgehead atoms. The maximum absolute atomic E-state index is 7.50. The standard InChI is InChI=1S/C30H32N2P2.C5H5.C4H10O.CO.ClH.Fe/c1-5-13-27(14-6-1)21-31-23-33(29-17-9-3-10-18-29)25-32(22-28-15-7-2-8-16-28)26-34(24-31)30-19-11-4-12-20-30;1-2-4-5-3-1;1-3-5-4-2;1-2;;/h1-20H,21-26H2;1-5H;3-4H2,1-2H3;;1H;/q;-1;;;;+2/p-1. The predicted molar refractivity (Wildman–Crippen MR) is 198 cm³/mol. The predicted octanol–water partition coefficient (Wildman–Crippen LogP) is 5.86. The SMILES string of the molecule is CCOCC.[C-]#[O+].[Cl-].[Fe+2].c1cc[cH-]c1.c1ccc(CN2CP(c3ccccc3)CN(Cc3ccccc3)CP(c3ccccc3)C2)cc1. The Kier molecular flexibility index (Phi) is 24.8. The second kappa shape index (κ2) is 27.4. The van der Waals surface area contributed by atoms with E-state index in [1.54, 1.807) is 0 Å². The van der Waals surface area contributed by atoms with Crippen molar-refractivity contribution >= 4 is 26.5 Å². The third kappa shape index (κ3) is 16.8. The van der Waals surface area contributed by atoms with Crippen molar-refractivity contribution in [3.8, 4) is 0 Å². The Hall–Kier alpha value is -2.48. The fourth-order valence-corrected chi connectivity index (χ4v) is 10.2. The minimum Gasteiger partial charge on any atom is -1.00 e. The fraction of sp³-hybridized carbons (Fsp3) is 0.250. The van der Waals surface area contributed by atoms with Gasteiger partial charge in [-0.1, -0.05) is 121 Å². The molecule has 0 radical (unpaired) electrons. The Morgan fingerprint density at radius 2 is 0.875 bits per heavy atom. The van der Waals surface area contributed by atoms with Gasteiger partial charge in [0.25, 0.3) is 0 Å². The second-order valence-electron chi connectivity index (χ2n) is 10.7. The van der Waals surface area contributed by atoms with Gasteiger partial charge in [-0.15, -0.1) is 0 Å². The topological polar surface area (TPSA) is 35.6 Å². The van der Waals surface area contributed by atoms with Gasteiger partial charge in [0, 0.05) is 51.4 Å². The van der Waals surface area contributed by atoms with Gasteiger partial charge in [0.05, 0.1) is 0 Å². The van der Waals surface area contributed by atoms with Crippen LogP contribution in [0.15, 0.2) is 152 Å². The molecule has 0 N–H and O–H groups in total. The summed E-state index contributed by atoms with van der Waals surface area (Å²) in [5.41, 5.74) is 2.82. The zero-order valence-corrected chi connectivity index (χ0v) is 31.6. The van der Waals surface area contributed by atoms with Gasteiger partial charge in [-0.25, -0.2) is 12.1 Å². The molecule has 1 aliphatic heterocycles. The molecule has 0 unspecified atom stereocenters. The molecule has 48 heavy (non-hydrogen) atoms. The average molecular weight is 741 g/mol. The van der Waals surface area contributed by atoms with E-state index in [4.69, 9.17) is 9.39 Å². The number of benzene rings is 4. The maximum atomic E-state index is 7.50. The van der Waals surface area contributed by atoms with E-state index in [1.165, 1.54) is 21.7 Å². The van der Waals surface area contributed by atoms with Crippen molar-refractivity contribution in [1.82, 2.24) is 9.80 Å². The second-order valence-corrected chi connectivity index (χ2v) is 15.0. The van der Waals surface area contributed by atoms with Crippen LogP contribution in [0, 0.1) is 6.65 Å². The van der Waals surface area contributed by atoms with E-state index in [9.17, 15) is 0 Å². The Labute approximate surface area is 308 Å². The normalized spacial score (nSPS) is 15.8. The number of hydrogen-bond acceptors (Lipinski definition) is 3. The first-order chi connectivity index (χ1) is 22.7. The molecule has 1 saturated heterocycles. The van der Waals surface area contributed by atoms with E-state index in [0.717, 1.165) is 51.4 Å². The monoisotopic (exact) mass is 740 g/mol. The van der Waals surface area contributed by atoms with E-state index in [0.29, 0.717) is 0 Å². The van der Waals surface area contributed by atoms with Crippen LogP contribution < -0.4 is 23.0 Å². The first-order valence-corrected chi connectivity index (χ1v) is 19.2. The molecule has 1 fully saturated rings. The van der Waals surface area contributed by atoms with Crippen LogP contribution in [0.25, 0.3) is 0 Å². The smallest absolute Gasteiger partial charge is 1.00 e. The van der Waals surface area contributed by atoms with Crippen molar-refractivity contribution in [2.75, 3.05) is 38.4 Å². The maximum Gasteiger partial charge on any atom is 2.00 e. The van der Waals surface area contributed by atoms with Gasteiger partial charge in [-0.2, -0.15) is 18.2 Å². The third-order valence-corrected chi connectivity index (χ3v) is 12.2. The van der Waals surface area contributed by atoms with E-state index >= 15 is 0 Å². The van der Waals surface area contributed by atoms with Gasteiger partial charge in [0.2, 0.25) is 0 Å². The quantitative estimate of drug-likeness (QED) is 0.0867. The summed E-state index contributed by atoms with van der Waals surface area (Å²) in [7, 11) is -0.614. The largest absolute Gasteiger partial charge is 2.00 e. The fourth-order valence-electron chi connectivity index (χ4n) is 5.16. The summed E-state index contributed by atoms with van der Waals surface area (Å²) in [6.07, 6.45) is 4.58. The van der Waals surface area contributed by atoms with Crippen molar-refractivity contribution in [3.63, 3.8) is 0 Å². The first kappa shape index (κ1) is 43.5. The summed E-state index contributed by atoms with van der Waals surface area (Å²) < 4.78 is 12.3. The van der Waals surface area contributed by atoms with Gasteiger partial charge in [-0.3, -0.25) is 9.80 Å². The number of ether oxygens (including phenoxy) is 1. The van der Waals surface area contributed by atoms with Crippen LogP contribution in [0.4, 0.5) is 0 Å². The molecule has 254 valence electrons. The summed E-state index contributed by atoms with van der Waals surface area (Å²) in [6, 6.07) is 54.5. The Morgan fingerprint density at radius 1 is 0.562 bits per heavy atom. The minimum absolute atomic E-state index is 0. The molecule has 1 heterocycles. The van der Waals surface area contributed by atoms with Crippen molar-refractivity contribution in [2.24, 2.45) is 0 Å². The Morgan fingerprint density at radius 3 is 1.12 bits per heavy atom. The van der Waals surface area contributed by atoms with Gasteiger partial charge in [-0.05, 0) is 51.4 Å². The first-order valence-electron chi connectivity index (χ1n) is 15.8. The van der Waals surface area contributed by atoms with Crippen LogP contribution in [0.2, 0.25) is 0 Å². The summed E-state index contributed by atoms with van der Waals surface area (Å²) in [6.45, 7) is 12.2. The van der Waals surface area contributed by atoms with Gasteiger partial charge >= 0.3 is 28.4 Å². The van der Waals surface area contributed by atoms with Crippen molar-refractivity contribution in [3.05, 3.63) is 169 Å². The van der Waals surface area contributed by atoms with E-state index in [1.807, 2.05) is 44.2 Å². The van der Waals surface area contributed by atoms with Crippen LogP contribution in [0.5, 0.6) is 0 Å². The van der Waals surface area contributed by atoms with Gasteiger partial charge in [0.1, 0.15) is 0 Å². The molecular formula is C40H47ClFeN2O2P2. The zero-order chi connectivity index (χ0) is 32.7. The van der Waals surface area contributed by atoms with E-state index in [-0.39, 0.29) is 45.3 Å². The van der Waals surface area contributed by atoms with Crippen molar-refractivity contribution < 1.29 is 38.9 Å². The number of rotatable bonds is 8. The molecule has 0 aromatic heterocycles. The molecule has 6 rings (SSSR count). The summed E-state index contributed by atoms with van der Waals surface area (Å²) in [4.78, 5) is 5.49. The van der Waals surface area contributed by atoms with Gasteiger partial charge < -0.3 is 17.1 Å². The Balaban J connectivity index is 0.000000707. The number of nitrogens with zero attached hydrogens (tertiary/aromatic N) is 2. The molecule has 5 aromatic rings. The molecule has 8 heteroatoms. The summed E-state index contributed by atoms with van der Waals surface area (Å²) in [5.74, 6) is 0. The Bertz CT molecular complexity index is 1310. The number of halogens is 1. The van der Waals surface area contributed by atoms with Crippen LogP contribution in [0.3, 0.4) is 0 Å². The molecule has 0 spiro atoms. The summed E-state index contributed by atoms with van der Waals surface area (Å²) in [5, 5.41) is 3.03. The molecule has 0 saturated carbocycles. The van der Waals surface area contributed by atoms with Crippen LogP contribution in [0.1, 0.15) is 25.0 Å². The number of hydrogen-bond donors (Lipinski definition) is 0. The summed E-state index contributed by atoms with van der Waals surface area (Å²) >= 11 is 0. The molecule has 5 aromatic carbocycles. The molecule has 0 atom stereocenters. The van der Waals surface area contributed by atoms with Crippen molar-refractivity contribution in [1.29, 1.82) is 0 Å². The van der Waals surface area contributed by atoms with Crippen LogP contribution in [-0.2, 0) is 39.5 Å². The van der Waals surface area contributed by atoms with Crippen LogP contribution in [-0.4, -0.2) is 48.2 Å². The molecule has 0 amide bonds. The minimum atomic E-state index is -0.307. The molecular weight excluding hydrogens is 694 g/mol. The molecule has 4 nitrogen and oxygen atoms in total. The van der Waals surface area contributed by atoms with Gasteiger partial charge in [0.15, 0.2) is 0 Å². The third-order valence-electron chi connectivity index (χ3n) is 7.19. The molecule has 1 aliphatic rings. The van der Waals surface area contributed by atoms with Crippen LogP contribution >= 0.6 is 15.8 Å².